The van der Waals surface area contributed by atoms with Gasteiger partial charge < -0.3 is 15.2 Å². The summed E-state index contributed by atoms with van der Waals surface area (Å²) in [5, 5.41) is 13.0. The predicted octanol–water partition coefficient (Wildman–Crippen LogP) is 2.78. The van der Waals surface area contributed by atoms with Crippen LogP contribution in [0.2, 0.25) is 0 Å². The van der Waals surface area contributed by atoms with Crippen LogP contribution in [0.3, 0.4) is 0 Å². The summed E-state index contributed by atoms with van der Waals surface area (Å²) in [5.41, 5.74) is 2.30. The predicted molar refractivity (Wildman–Crippen MR) is 105 cm³/mol. The van der Waals surface area contributed by atoms with Crippen molar-refractivity contribution in [3.8, 4) is 0 Å². The highest BCUT2D eigenvalue weighted by Crippen LogP contribution is 2.30. The summed E-state index contributed by atoms with van der Waals surface area (Å²) in [6, 6.07) is 8.07. The minimum Gasteiger partial charge on any atom is -0.477 e. The number of imidazole rings is 1. The van der Waals surface area contributed by atoms with E-state index in [-0.39, 0.29) is 10.9 Å². The van der Waals surface area contributed by atoms with Crippen molar-refractivity contribution in [2.75, 3.05) is 7.11 Å². The molecule has 1 aliphatic heterocycles. The Morgan fingerprint density at radius 3 is 2.96 bits per heavy atom. The number of para-hydroxylation sites is 1. The van der Waals surface area contributed by atoms with Gasteiger partial charge >= 0.3 is 11.9 Å². The number of fused-ring (bicyclic) bond motifs is 3. The number of thiazole rings is 1. The number of rotatable bonds is 4. The fourth-order valence-corrected chi connectivity index (χ4v) is 4.94. The van der Waals surface area contributed by atoms with Gasteiger partial charge in [0.05, 0.1) is 28.6 Å². The van der Waals surface area contributed by atoms with Crippen molar-refractivity contribution in [1.82, 2.24) is 14.7 Å². The summed E-state index contributed by atoms with van der Waals surface area (Å²) in [5.74, 6) is -1.58. The fraction of sp³-hybridized carbons (Fsp3) is 0.167. The number of methoxy groups -OCH3 is 1. The maximum absolute atomic E-state index is 12.2. The third kappa shape index (κ3) is 3.31. The molecule has 0 spiro atoms. The molecule has 3 heterocycles. The molecule has 0 saturated carbocycles. The number of carboxylic acid groups (broad SMARTS) is 1. The van der Waals surface area contributed by atoms with E-state index in [0.29, 0.717) is 12.0 Å². The molecule has 2 N–H and O–H groups in total. The van der Waals surface area contributed by atoms with Gasteiger partial charge in [-0.25, -0.2) is 14.6 Å². The molecule has 7 nitrogen and oxygen atoms in total. The Labute approximate surface area is 162 Å². The SMILES string of the molecule is COC(=O)C1=CNC(C(=O)O)=CSC1Cc1cn2c(n1)sc1ccccc12. The van der Waals surface area contributed by atoms with Gasteiger partial charge in [-0.1, -0.05) is 23.5 Å². The van der Waals surface area contributed by atoms with E-state index >= 15 is 0 Å². The van der Waals surface area contributed by atoms with Crippen LogP contribution >= 0.6 is 23.1 Å². The molecule has 0 saturated heterocycles. The highest BCUT2D eigenvalue weighted by molar-refractivity contribution is 8.03. The Kier molecular flexibility index (Phi) is 4.63. The van der Waals surface area contributed by atoms with Gasteiger partial charge in [-0.3, -0.25) is 4.40 Å². The summed E-state index contributed by atoms with van der Waals surface area (Å²) in [6.45, 7) is 0. The first-order valence-corrected chi connectivity index (χ1v) is 9.82. The van der Waals surface area contributed by atoms with Gasteiger partial charge in [0.15, 0.2) is 4.96 Å². The van der Waals surface area contributed by atoms with Crippen molar-refractivity contribution in [2.24, 2.45) is 0 Å². The fourth-order valence-electron chi connectivity index (χ4n) is 2.87. The summed E-state index contributed by atoms with van der Waals surface area (Å²) >= 11 is 2.86. The molecule has 0 bridgehead atoms. The topological polar surface area (TPSA) is 92.9 Å². The zero-order valence-electron chi connectivity index (χ0n) is 14.2. The number of benzene rings is 1. The number of aliphatic carboxylic acids is 1. The third-order valence-electron chi connectivity index (χ3n) is 4.18. The largest absolute Gasteiger partial charge is 0.477 e. The zero-order chi connectivity index (χ0) is 19.0. The number of esters is 1. The smallest absolute Gasteiger partial charge is 0.352 e. The minimum atomic E-state index is -1.09. The van der Waals surface area contributed by atoms with Crippen molar-refractivity contribution in [1.29, 1.82) is 0 Å². The van der Waals surface area contributed by atoms with E-state index in [0.717, 1.165) is 20.9 Å². The highest BCUT2D eigenvalue weighted by atomic mass is 32.2. The van der Waals surface area contributed by atoms with Crippen molar-refractivity contribution >= 4 is 50.2 Å². The molecule has 4 rings (SSSR count). The lowest BCUT2D eigenvalue weighted by Crippen LogP contribution is -2.21. The molecule has 3 aromatic rings. The summed E-state index contributed by atoms with van der Waals surface area (Å²) < 4.78 is 8.05. The molecule has 9 heteroatoms. The molecule has 1 atom stereocenters. The molecule has 0 radical (unpaired) electrons. The zero-order valence-corrected chi connectivity index (χ0v) is 15.8. The third-order valence-corrected chi connectivity index (χ3v) is 6.33. The molecule has 1 aromatic carbocycles. The van der Waals surface area contributed by atoms with Crippen LogP contribution in [0, 0.1) is 0 Å². The van der Waals surface area contributed by atoms with Gasteiger partial charge in [0.1, 0.15) is 5.70 Å². The van der Waals surface area contributed by atoms with Gasteiger partial charge in [0, 0.05) is 29.5 Å². The van der Waals surface area contributed by atoms with E-state index in [2.05, 4.69) is 16.4 Å². The number of thioether (sulfide) groups is 1. The Balaban J connectivity index is 1.67. The first-order valence-electron chi connectivity index (χ1n) is 8.06. The van der Waals surface area contributed by atoms with E-state index in [4.69, 9.17) is 4.74 Å². The van der Waals surface area contributed by atoms with Crippen LogP contribution in [0.5, 0.6) is 0 Å². The van der Waals surface area contributed by atoms with Crippen molar-refractivity contribution in [3.05, 3.63) is 59.0 Å². The van der Waals surface area contributed by atoms with Gasteiger partial charge in [0.2, 0.25) is 0 Å². The van der Waals surface area contributed by atoms with E-state index in [1.807, 2.05) is 28.8 Å². The number of aromatic nitrogens is 2. The second-order valence-corrected chi connectivity index (χ2v) is 7.94. The van der Waals surface area contributed by atoms with Crippen LogP contribution in [0.15, 0.2) is 53.3 Å². The summed E-state index contributed by atoms with van der Waals surface area (Å²) in [4.78, 5) is 28.9. The van der Waals surface area contributed by atoms with E-state index in [1.54, 1.807) is 11.3 Å². The average molecular weight is 401 g/mol. The maximum Gasteiger partial charge on any atom is 0.352 e. The molecule has 2 aromatic heterocycles. The van der Waals surface area contributed by atoms with Gasteiger partial charge in [-0.15, -0.1) is 11.8 Å². The van der Waals surface area contributed by atoms with Crippen LogP contribution < -0.4 is 5.32 Å². The van der Waals surface area contributed by atoms with E-state index in [9.17, 15) is 14.7 Å². The number of nitrogens with zero attached hydrogens (tertiary/aromatic N) is 2. The van der Waals surface area contributed by atoms with E-state index < -0.39 is 11.9 Å². The second-order valence-electron chi connectivity index (χ2n) is 5.86. The lowest BCUT2D eigenvalue weighted by Gasteiger charge is -2.14. The molecule has 0 fully saturated rings. The monoisotopic (exact) mass is 401 g/mol. The van der Waals surface area contributed by atoms with Crippen LogP contribution in [-0.4, -0.2) is 38.8 Å². The summed E-state index contributed by atoms with van der Waals surface area (Å²) in [7, 11) is 1.31. The number of carbonyl (C=O) groups is 2. The number of nitrogens with one attached hydrogen (secondary N) is 1. The van der Waals surface area contributed by atoms with Crippen LogP contribution in [-0.2, 0) is 20.7 Å². The standard InChI is InChI=1S/C18H15N3O4S2/c1-25-17(24)11-7-19-12(16(22)23)9-26-15(11)6-10-8-21-13-4-2-3-5-14(13)27-18(21)20-10/h2-5,7-9,15,19H,6H2,1H3,(H,22,23). The Morgan fingerprint density at radius 2 is 2.19 bits per heavy atom. The lowest BCUT2D eigenvalue weighted by molar-refractivity contribution is -0.136. The Hall–Kier alpha value is -2.78. The number of carbonyl (C=O) groups excluding carboxylic acids is 1. The molecule has 1 unspecified atom stereocenters. The Bertz CT molecular complexity index is 1110. The highest BCUT2D eigenvalue weighted by Gasteiger charge is 2.26. The Morgan fingerprint density at radius 1 is 1.37 bits per heavy atom. The first kappa shape index (κ1) is 17.6. The number of ether oxygens (including phenoxy) is 1. The van der Waals surface area contributed by atoms with Crippen LogP contribution in [0.25, 0.3) is 15.2 Å². The van der Waals surface area contributed by atoms with Crippen molar-refractivity contribution in [3.63, 3.8) is 0 Å². The quantitative estimate of drug-likeness (QED) is 0.650. The number of hydrogen-bond donors (Lipinski definition) is 2. The maximum atomic E-state index is 12.2. The molecule has 1 aliphatic rings. The second kappa shape index (κ2) is 7.09. The molecule has 27 heavy (non-hydrogen) atoms. The normalized spacial score (nSPS) is 17.1. The molecule has 138 valence electrons. The molecular weight excluding hydrogens is 386 g/mol. The number of hydrogen-bond acceptors (Lipinski definition) is 7. The van der Waals surface area contributed by atoms with Crippen LogP contribution in [0.4, 0.5) is 0 Å². The molecule has 0 aliphatic carbocycles. The molecular formula is C18H15N3O4S2. The van der Waals surface area contributed by atoms with E-state index in [1.165, 1.54) is 30.5 Å². The van der Waals surface area contributed by atoms with Gasteiger partial charge in [-0.2, -0.15) is 0 Å². The van der Waals surface area contributed by atoms with Gasteiger partial charge in [0.25, 0.3) is 0 Å². The van der Waals surface area contributed by atoms with Crippen molar-refractivity contribution < 1.29 is 19.4 Å². The number of carboxylic acids is 1. The minimum absolute atomic E-state index is 0.0146. The molecule has 0 amide bonds. The van der Waals surface area contributed by atoms with Crippen molar-refractivity contribution in [2.45, 2.75) is 11.7 Å². The van der Waals surface area contributed by atoms with Gasteiger partial charge in [-0.05, 0) is 12.1 Å². The lowest BCUT2D eigenvalue weighted by atomic mass is 10.1. The first-order chi connectivity index (χ1) is 13.1. The summed E-state index contributed by atoms with van der Waals surface area (Å²) in [6.07, 6.45) is 3.84. The average Bonchev–Trinajstić information content (AvgIpc) is 3.11. The van der Waals surface area contributed by atoms with Crippen LogP contribution in [0.1, 0.15) is 5.69 Å².